The highest BCUT2D eigenvalue weighted by Gasteiger charge is 2.59. The van der Waals surface area contributed by atoms with Crippen LogP contribution in [0.2, 0.25) is 0 Å². The van der Waals surface area contributed by atoms with Crippen molar-refractivity contribution >= 4 is 28.6 Å². The van der Waals surface area contributed by atoms with E-state index >= 15 is 0 Å². The molecule has 8 nitrogen and oxygen atoms in total. The fourth-order valence-corrected chi connectivity index (χ4v) is 5.43. The monoisotopic (exact) mass is 468 g/mol. The first-order valence-electron chi connectivity index (χ1n) is 11.3. The normalized spacial score (nSPS) is 21.8. The molecule has 0 saturated heterocycles. The SMILES string of the molecule is CCc1cc2c3c(c1)[C@]1(C=C(c4ccc([N+](=O)[O-])cc4)OC(N)=C1C#N)C(=O)N3C(C)(C)C=C2C. The van der Waals surface area contributed by atoms with Crippen molar-refractivity contribution in [2.75, 3.05) is 4.90 Å². The van der Waals surface area contributed by atoms with E-state index < -0.39 is 15.9 Å². The van der Waals surface area contributed by atoms with Gasteiger partial charge in [-0.25, -0.2) is 0 Å². The lowest BCUT2D eigenvalue weighted by Gasteiger charge is -2.39. The Kier molecular flexibility index (Phi) is 4.68. The maximum atomic E-state index is 14.4. The van der Waals surface area contributed by atoms with E-state index in [4.69, 9.17) is 10.5 Å². The molecule has 0 aliphatic carbocycles. The predicted octanol–water partition coefficient (Wildman–Crippen LogP) is 4.70. The molecule has 0 saturated carbocycles. The second kappa shape index (κ2) is 7.31. The average molecular weight is 469 g/mol. The van der Waals surface area contributed by atoms with Gasteiger partial charge in [-0.05, 0) is 62.6 Å². The Hall–Kier alpha value is -4.38. The molecule has 2 N–H and O–H groups in total. The van der Waals surface area contributed by atoms with Crippen LogP contribution in [0.5, 0.6) is 0 Å². The number of hydrogen-bond acceptors (Lipinski definition) is 6. The van der Waals surface area contributed by atoms with Gasteiger partial charge in [0.05, 0.1) is 16.1 Å². The molecule has 0 radical (unpaired) electrons. The van der Waals surface area contributed by atoms with Crippen molar-refractivity contribution in [3.8, 4) is 6.07 Å². The Bertz CT molecular complexity index is 1460. The molecular formula is C27H24N4O4. The molecule has 1 amide bonds. The third-order valence-electron chi connectivity index (χ3n) is 7.02. The van der Waals surface area contributed by atoms with Gasteiger partial charge in [0.25, 0.3) is 5.69 Å². The van der Waals surface area contributed by atoms with E-state index in [1.165, 1.54) is 12.1 Å². The molecule has 0 fully saturated rings. The van der Waals surface area contributed by atoms with Crippen LogP contribution >= 0.6 is 0 Å². The van der Waals surface area contributed by atoms with Crippen molar-refractivity contribution in [2.24, 2.45) is 5.73 Å². The molecule has 2 aromatic rings. The molecule has 35 heavy (non-hydrogen) atoms. The number of carbonyl (C=O) groups is 1. The number of amides is 1. The number of benzene rings is 2. The van der Waals surface area contributed by atoms with Crippen molar-refractivity contribution < 1.29 is 14.5 Å². The van der Waals surface area contributed by atoms with E-state index in [-0.39, 0.29) is 28.8 Å². The fraction of sp³-hybridized carbons (Fsp3) is 0.259. The standard InChI is InChI=1S/C27H24N4O4/c1-5-16-10-19-15(2)12-26(3,4)30-23(19)20(11-16)27(25(30)32)13-22(35-24(29)21(27)14-28)17-6-8-18(9-7-17)31(33)34/h6-13H,5,29H2,1-4H3/t27-/m0/s1. The Labute approximate surface area is 202 Å². The topological polar surface area (TPSA) is 122 Å². The number of nitro benzene ring substituents is 1. The van der Waals surface area contributed by atoms with Crippen molar-refractivity contribution in [3.63, 3.8) is 0 Å². The van der Waals surface area contributed by atoms with Gasteiger partial charge in [0.1, 0.15) is 22.8 Å². The third-order valence-corrected chi connectivity index (χ3v) is 7.02. The molecule has 0 bridgehead atoms. The van der Waals surface area contributed by atoms with Crippen LogP contribution in [0.25, 0.3) is 11.3 Å². The number of nitro groups is 1. The van der Waals surface area contributed by atoms with Crippen molar-refractivity contribution in [2.45, 2.75) is 45.1 Å². The van der Waals surface area contributed by atoms with Gasteiger partial charge in [0.15, 0.2) is 0 Å². The zero-order valence-corrected chi connectivity index (χ0v) is 19.9. The first-order chi connectivity index (χ1) is 16.5. The highest BCUT2D eigenvalue weighted by atomic mass is 16.6. The van der Waals surface area contributed by atoms with Crippen LogP contribution in [0.1, 0.15) is 49.9 Å². The molecule has 0 aromatic heterocycles. The number of nitrogens with two attached hydrogens (primary N) is 1. The van der Waals surface area contributed by atoms with Crippen LogP contribution in [0.4, 0.5) is 11.4 Å². The van der Waals surface area contributed by atoms with Crippen molar-refractivity contribution in [1.82, 2.24) is 0 Å². The summed E-state index contributed by atoms with van der Waals surface area (Å²) in [6.07, 6.45) is 4.46. The minimum absolute atomic E-state index is 0.0338. The number of hydrogen-bond donors (Lipinski definition) is 1. The summed E-state index contributed by atoms with van der Waals surface area (Å²) in [6.45, 7) is 8.00. The fourth-order valence-electron chi connectivity index (χ4n) is 5.43. The number of fused-ring (bicyclic) bond motifs is 1. The molecule has 1 spiro atoms. The first-order valence-corrected chi connectivity index (χ1v) is 11.3. The summed E-state index contributed by atoms with van der Waals surface area (Å²) in [5.41, 5.74) is 9.17. The zero-order chi connectivity index (χ0) is 25.3. The lowest BCUT2D eigenvalue weighted by molar-refractivity contribution is -0.384. The molecule has 2 aromatic carbocycles. The van der Waals surface area contributed by atoms with Crippen molar-refractivity contribution in [1.29, 1.82) is 5.26 Å². The van der Waals surface area contributed by atoms with Gasteiger partial charge in [-0.15, -0.1) is 0 Å². The van der Waals surface area contributed by atoms with E-state index in [0.29, 0.717) is 11.1 Å². The number of anilines is 1. The highest BCUT2D eigenvalue weighted by molar-refractivity contribution is 6.17. The number of aryl methyl sites for hydroxylation is 1. The minimum Gasteiger partial charge on any atom is -0.440 e. The number of nitrogens with zero attached hydrogens (tertiary/aromatic N) is 3. The number of rotatable bonds is 3. The molecule has 0 unspecified atom stereocenters. The Morgan fingerprint density at radius 2 is 1.89 bits per heavy atom. The van der Waals surface area contributed by atoms with Gasteiger partial charge < -0.3 is 15.4 Å². The minimum atomic E-state index is -1.47. The summed E-state index contributed by atoms with van der Waals surface area (Å²) in [5.74, 6) is -0.171. The highest BCUT2D eigenvalue weighted by Crippen LogP contribution is 2.57. The van der Waals surface area contributed by atoms with Crippen LogP contribution in [0.3, 0.4) is 0 Å². The molecule has 3 heterocycles. The van der Waals surface area contributed by atoms with E-state index in [9.17, 15) is 20.2 Å². The van der Waals surface area contributed by atoms with Crippen LogP contribution in [-0.4, -0.2) is 16.4 Å². The Morgan fingerprint density at radius 3 is 2.49 bits per heavy atom. The van der Waals surface area contributed by atoms with Gasteiger partial charge in [0, 0.05) is 28.8 Å². The van der Waals surface area contributed by atoms with Crippen LogP contribution in [-0.2, 0) is 21.4 Å². The molecule has 3 aliphatic heterocycles. The number of nitriles is 1. The average Bonchev–Trinajstić information content (AvgIpc) is 3.06. The smallest absolute Gasteiger partial charge is 0.269 e. The molecule has 1 atom stereocenters. The van der Waals surface area contributed by atoms with E-state index in [1.54, 1.807) is 23.1 Å². The van der Waals surface area contributed by atoms with Gasteiger partial charge in [-0.2, -0.15) is 5.26 Å². The molecular weight excluding hydrogens is 444 g/mol. The first kappa shape index (κ1) is 22.4. The summed E-state index contributed by atoms with van der Waals surface area (Å²) < 4.78 is 5.81. The summed E-state index contributed by atoms with van der Waals surface area (Å²) >= 11 is 0. The Morgan fingerprint density at radius 1 is 1.20 bits per heavy atom. The zero-order valence-electron chi connectivity index (χ0n) is 19.9. The number of carbonyl (C=O) groups excluding carboxylic acids is 1. The summed E-state index contributed by atoms with van der Waals surface area (Å²) in [4.78, 5) is 26.7. The van der Waals surface area contributed by atoms with E-state index in [2.05, 4.69) is 18.2 Å². The maximum absolute atomic E-state index is 14.4. The molecule has 8 heteroatoms. The van der Waals surface area contributed by atoms with Gasteiger partial charge in [0.2, 0.25) is 11.8 Å². The summed E-state index contributed by atoms with van der Waals surface area (Å²) in [7, 11) is 0. The number of allylic oxidation sites excluding steroid dienone is 1. The van der Waals surface area contributed by atoms with Gasteiger partial charge >= 0.3 is 0 Å². The third kappa shape index (κ3) is 2.94. The molecule has 3 aliphatic rings. The largest absolute Gasteiger partial charge is 0.440 e. The molecule has 5 rings (SSSR count). The van der Waals surface area contributed by atoms with Crippen LogP contribution in [0, 0.1) is 21.4 Å². The predicted molar refractivity (Wildman–Crippen MR) is 132 cm³/mol. The van der Waals surface area contributed by atoms with Gasteiger partial charge in [-0.1, -0.05) is 19.1 Å². The lowest BCUT2D eigenvalue weighted by Crippen LogP contribution is -2.51. The Balaban J connectivity index is 1.83. The van der Waals surface area contributed by atoms with E-state index in [0.717, 1.165) is 28.8 Å². The molecule has 176 valence electrons. The quantitative estimate of drug-likeness (QED) is 0.514. The van der Waals surface area contributed by atoms with Crippen LogP contribution < -0.4 is 10.6 Å². The van der Waals surface area contributed by atoms with Crippen molar-refractivity contribution in [3.05, 3.63) is 92.4 Å². The number of non-ortho nitro benzene ring substituents is 1. The number of ether oxygens (including phenoxy) is 1. The van der Waals surface area contributed by atoms with Gasteiger partial charge in [-0.3, -0.25) is 14.9 Å². The summed E-state index contributed by atoms with van der Waals surface area (Å²) in [5, 5.41) is 21.3. The lowest BCUT2D eigenvalue weighted by atomic mass is 9.72. The summed E-state index contributed by atoms with van der Waals surface area (Å²) in [6, 6.07) is 12.0. The van der Waals surface area contributed by atoms with Crippen LogP contribution in [0.15, 0.2) is 60.0 Å². The maximum Gasteiger partial charge on any atom is 0.269 e. The second-order valence-corrected chi connectivity index (χ2v) is 9.59. The second-order valence-electron chi connectivity index (χ2n) is 9.59. The van der Waals surface area contributed by atoms with E-state index in [1.807, 2.05) is 33.8 Å².